The Morgan fingerprint density at radius 3 is 2.50 bits per heavy atom. The Kier molecular flexibility index (Phi) is 6.01. The summed E-state index contributed by atoms with van der Waals surface area (Å²) in [6.45, 7) is 5.45. The maximum absolute atomic E-state index is 13.2. The van der Waals surface area contributed by atoms with Gasteiger partial charge in [0.1, 0.15) is 0 Å². The van der Waals surface area contributed by atoms with Crippen molar-refractivity contribution in [1.29, 1.82) is 0 Å². The zero-order chi connectivity index (χ0) is 19.7. The number of amides is 1. The molecule has 0 aromatic heterocycles. The normalized spacial score (nSPS) is 25.8. The molecule has 1 aromatic rings. The van der Waals surface area contributed by atoms with Gasteiger partial charge in [-0.1, -0.05) is 13.3 Å². The van der Waals surface area contributed by atoms with Crippen molar-refractivity contribution < 1.29 is 13.2 Å². The van der Waals surface area contributed by atoms with Gasteiger partial charge in [-0.25, -0.2) is 8.42 Å². The van der Waals surface area contributed by atoms with Gasteiger partial charge in [-0.15, -0.1) is 11.8 Å². The van der Waals surface area contributed by atoms with Gasteiger partial charge >= 0.3 is 0 Å². The van der Waals surface area contributed by atoms with Crippen LogP contribution in [-0.4, -0.2) is 61.0 Å². The van der Waals surface area contributed by atoms with Gasteiger partial charge in [0, 0.05) is 35.7 Å². The summed E-state index contributed by atoms with van der Waals surface area (Å²) < 4.78 is 28.0. The first kappa shape index (κ1) is 20.2. The van der Waals surface area contributed by atoms with Gasteiger partial charge in [0.05, 0.1) is 10.6 Å². The summed E-state index contributed by atoms with van der Waals surface area (Å²) in [5.74, 6) is -0.0596. The third-order valence-electron chi connectivity index (χ3n) is 5.99. The number of likely N-dealkylation sites (tertiary alicyclic amines) is 1. The lowest BCUT2D eigenvalue weighted by atomic mass is 10.0. The number of carbonyl (C=O) groups is 1. The monoisotopic (exact) mass is 423 g/mol. The van der Waals surface area contributed by atoms with Gasteiger partial charge in [0.15, 0.2) is 0 Å². The van der Waals surface area contributed by atoms with E-state index in [9.17, 15) is 13.2 Å². The van der Waals surface area contributed by atoms with E-state index in [1.165, 1.54) is 19.3 Å². The fraction of sp³-hybridized carbons (Fsp3) is 0.650. The summed E-state index contributed by atoms with van der Waals surface area (Å²) in [5.41, 5.74) is 0.614. The Morgan fingerprint density at radius 1 is 1.07 bits per heavy atom. The second-order valence-electron chi connectivity index (χ2n) is 8.07. The van der Waals surface area contributed by atoms with E-state index in [0.29, 0.717) is 31.2 Å². The van der Waals surface area contributed by atoms with Crippen LogP contribution in [0.5, 0.6) is 0 Å². The Morgan fingerprint density at radius 2 is 1.79 bits per heavy atom. The van der Waals surface area contributed by atoms with Crippen molar-refractivity contribution >= 4 is 33.4 Å². The first-order chi connectivity index (χ1) is 13.4. The topological polar surface area (TPSA) is 69.7 Å². The number of sulfonamides is 1. The van der Waals surface area contributed by atoms with Crippen molar-refractivity contribution in [2.45, 2.75) is 66.5 Å². The molecular weight excluding hydrogens is 394 g/mol. The lowest BCUT2D eigenvalue weighted by Crippen LogP contribution is -2.48. The molecule has 0 radical (unpaired) electrons. The predicted octanol–water partition coefficient (Wildman–Crippen LogP) is 3.15. The second-order valence-corrected chi connectivity index (χ2v) is 11.5. The highest BCUT2D eigenvalue weighted by molar-refractivity contribution is 8.00. The molecule has 1 amide bonds. The quantitative estimate of drug-likeness (QED) is 0.809. The molecule has 1 atom stereocenters. The smallest absolute Gasteiger partial charge is 0.243 e. The number of rotatable bonds is 3. The van der Waals surface area contributed by atoms with Gasteiger partial charge in [0.25, 0.3) is 0 Å². The molecular formula is C20H29N3O3S2. The number of anilines is 1. The summed E-state index contributed by atoms with van der Waals surface area (Å²) in [6, 6.07) is 5.65. The van der Waals surface area contributed by atoms with Crippen LogP contribution in [0.4, 0.5) is 5.69 Å². The average Bonchev–Trinajstić information content (AvgIpc) is 2.84. The molecule has 3 heterocycles. The third-order valence-corrected chi connectivity index (χ3v) is 9.07. The maximum Gasteiger partial charge on any atom is 0.243 e. The number of nitrogens with zero attached hydrogens (tertiary/aromatic N) is 2. The molecule has 1 aromatic carbocycles. The van der Waals surface area contributed by atoms with Crippen LogP contribution in [-0.2, 0) is 14.8 Å². The molecule has 4 rings (SSSR count). The Balaban J connectivity index is 1.47. The second kappa shape index (κ2) is 8.34. The lowest BCUT2D eigenvalue weighted by Gasteiger charge is -2.39. The van der Waals surface area contributed by atoms with Gasteiger partial charge in [0.2, 0.25) is 15.9 Å². The molecule has 1 unspecified atom stereocenters. The number of hydrogen-bond acceptors (Lipinski definition) is 5. The third kappa shape index (κ3) is 4.25. The summed E-state index contributed by atoms with van der Waals surface area (Å²) in [7, 11) is -3.54. The van der Waals surface area contributed by atoms with Crippen molar-refractivity contribution in [3.63, 3.8) is 0 Å². The molecule has 3 aliphatic heterocycles. The molecule has 0 bridgehead atoms. The van der Waals surface area contributed by atoms with E-state index >= 15 is 0 Å². The first-order valence-electron chi connectivity index (χ1n) is 10.3. The van der Waals surface area contributed by atoms with E-state index < -0.39 is 10.0 Å². The molecule has 8 heteroatoms. The van der Waals surface area contributed by atoms with Gasteiger partial charge in [-0.05, 0) is 57.0 Å². The highest BCUT2D eigenvalue weighted by atomic mass is 32.2. The fourth-order valence-electron chi connectivity index (χ4n) is 4.47. The van der Waals surface area contributed by atoms with Crippen molar-refractivity contribution in [3.8, 4) is 0 Å². The molecule has 28 heavy (non-hydrogen) atoms. The van der Waals surface area contributed by atoms with Crippen molar-refractivity contribution in [2.24, 2.45) is 0 Å². The van der Waals surface area contributed by atoms with Crippen LogP contribution in [0.3, 0.4) is 0 Å². The molecule has 0 spiro atoms. The highest BCUT2D eigenvalue weighted by Gasteiger charge is 2.32. The van der Waals surface area contributed by atoms with Crippen LogP contribution in [0.2, 0.25) is 0 Å². The number of thioether (sulfide) groups is 1. The highest BCUT2D eigenvalue weighted by Crippen LogP contribution is 2.37. The van der Waals surface area contributed by atoms with Crippen LogP contribution in [0.25, 0.3) is 0 Å². The van der Waals surface area contributed by atoms with Crippen LogP contribution in [0, 0.1) is 0 Å². The predicted molar refractivity (Wildman–Crippen MR) is 112 cm³/mol. The molecule has 3 aliphatic rings. The fourth-order valence-corrected chi connectivity index (χ4v) is 7.02. The summed E-state index contributed by atoms with van der Waals surface area (Å²) in [4.78, 5) is 15.8. The van der Waals surface area contributed by atoms with E-state index in [-0.39, 0.29) is 16.1 Å². The lowest BCUT2D eigenvalue weighted by molar-refractivity contribution is -0.116. The van der Waals surface area contributed by atoms with Crippen LogP contribution in [0.1, 0.15) is 45.4 Å². The zero-order valence-corrected chi connectivity index (χ0v) is 18.0. The Labute approximate surface area is 172 Å². The number of nitrogens with one attached hydrogen (secondary N) is 1. The van der Waals surface area contributed by atoms with E-state index in [1.807, 2.05) is 13.0 Å². The molecule has 0 aliphatic carbocycles. The molecule has 2 fully saturated rings. The maximum atomic E-state index is 13.2. The number of piperidine rings is 2. The SMILES string of the molecule is CC1CC(=O)Nc2cc(S(=O)(=O)N3CCC(N4CCCCC4)CC3)ccc2S1. The van der Waals surface area contributed by atoms with Crippen LogP contribution in [0.15, 0.2) is 28.0 Å². The molecule has 6 nitrogen and oxygen atoms in total. The summed E-state index contributed by atoms with van der Waals surface area (Å²) in [5, 5.41) is 3.05. The van der Waals surface area contributed by atoms with Crippen molar-refractivity contribution in [3.05, 3.63) is 18.2 Å². The van der Waals surface area contributed by atoms with Crippen molar-refractivity contribution in [2.75, 3.05) is 31.5 Å². The van der Waals surface area contributed by atoms with Gasteiger partial charge < -0.3 is 10.2 Å². The van der Waals surface area contributed by atoms with E-state index in [4.69, 9.17) is 0 Å². The van der Waals surface area contributed by atoms with E-state index in [1.54, 1.807) is 28.2 Å². The zero-order valence-electron chi connectivity index (χ0n) is 16.4. The number of carbonyl (C=O) groups excluding carboxylic acids is 1. The number of fused-ring (bicyclic) bond motifs is 1. The van der Waals surface area contributed by atoms with Gasteiger partial charge in [-0.3, -0.25) is 4.79 Å². The summed E-state index contributed by atoms with van der Waals surface area (Å²) in [6.07, 6.45) is 6.07. The van der Waals surface area contributed by atoms with E-state index in [0.717, 1.165) is 30.8 Å². The minimum absolute atomic E-state index is 0.0596. The number of benzene rings is 1. The minimum Gasteiger partial charge on any atom is -0.325 e. The molecule has 154 valence electrons. The summed E-state index contributed by atoms with van der Waals surface area (Å²) >= 11 is 1.61. The Bertz CT molecular complexity index is 829. The van der Waals surface area contributed by atoms with E-state index in [2.05, 4.69) is 10.2 Å². The molecule has 1 N–H and O–H groups in total. The van der Waals surface area contributed by atoms with Crippen LogP contribution >= 0.6 is 11.8 Å². The molecule has 0 saturated carbocycles. The molecule has 2 saturated heterocycles. The van der Waals surface area contributed by atoms with Gasteiger partial charge in [-0.2, -0.15) is 4.31 Å². The average molecular weight is 424 g/mol. The largest absolute Gasteiger partial charge is 0.325 e. The van der Waals surface area contributed by atoms with Crippen LogP contribution < -0.4 is 5.32 Å². The first-order valence-corrected chi connectivity index (χ1v) is 12.6. The number of hydrogen-bond donors (Lipinski definition) is 1. The minimum atomic E-state index is -3.54. The standard InChI is InChI=1S/C20H29N3O3S2/c1-15-13-20(24)21-18-14-17(5-6-19(18)27-15)28(25,26)23-11-7-16(8-12-23)22-9-3-2-4-10-22/h5-6,14-16H,2-4,7-13H2,1H3,(H,21,24). The Hall–Kier alpha value is -1.09. The van der Waals surface area contributed by atoms with Crippen molar-refractivity contribution in [1.82, 2.24) is 9.21 Å².